The molecule has 0 spiro atoms. The lowest BCUT2D eigenvalue weighted by atomic mass is 10.0. The molecule has 0 fully saturated rings. The van der Waals surface area contributed by atoms with Gasteiger partial charge in [-0.05, 0) is 19.9 Å². The van der Waals surface area contributed by atoms with E-state index >= 15 is 0 Å². The number of non-ortho nitro benzene ring substituents is 1. The van der Waals surface area contributed by atoms with Crippen molar-refractivity contribution in [1.29, 1.82) is 5.26 Å². The number of nitrogens with one attached hydrogen (secondary N) is 1. The summed E-state index contributed by atoms with van der Waals surface area (Å²) in [6, 6.07) is 5.42. The van der Waals surface area contributed by atoms with Crippen LogP contribution in [-0.2, 0) is 4.79 Å². The van der Waals surface area contributed by atoms with Crippen LogP contribution in [-0.4, -0.2) is 21.5 Å². The minimum absolute atomic E-state index is 0.0264. The summed E-state index contributed by atoms with van der Waals surface area (Å²) in [6.07, 6.45) is 0. The van der Waals surface area contributed by atoms with Crippen LogP contribution < -0.4 is 5.32 Å². The summed E-state index contributed by atoms with van der Waals surface area (Å²) in [5.74, 6) is -1.09. The van der Waals surface area contributed by atoms with Gasteiger partial charge in [-0.25, -0.2) is 4.79 Å². The second-order valence-corrected chi connectivity index (χ2v) is 4.15. The molecule has 0 unspecified atom stereocenters. The number of carbonyl (C=O) groups is 1. The Labute approximate surface area is 103 Å². The van der Waals surface area contributed by atoms with Crippen molar-refractivity contribution in [3.63, 3.8) is 0 Å². The van der Waals surface area contributed by atoms with Crippen molar-refractivity contribution in [1.82, 2.24) is 0 Å². The molecule has 0 heterocycles. The summed E-state index contributed by atoms with van der Waals surface area (Å²) in [7, 11) is 0. The Kier molecular flexibility index (Phi) is 3.52. The lowest BCUT2D eigenvalue weighted by molar-refractivity contribution is -0.384. The van der Waals surface area contributed by atoms with Gasteiger partial charge in [0.25, 0.3) is 5.69 Å². The maximum absolute atomic E-state index is 10.9. The monoisotopic (exact) mass is 249 g/mol. The first-order valence-corrected chi connectivity index (χ1v) is 4.98. The highest BCUT2D eigenvalue weighted by Crippen LogP contribution is 2.24. The lowest BCUT2D eigenvalue weighted by Gasteiger charge is -2.22. The summed E-state index contributed by atoms with van der Waals surface area (Å²) in [6.45, 7) is 2.86. The molecule has 0 radical (unpaired) electrons. The van der Waals surface area contributed by atoms with Crippen molar-refractivity contribution in [2.45, 2.75) is 19.4 Å². The van der Waals surface area contributed by atoms with E-state index in [2.05, 4.69) is 5.32 Å². The van der Waals surface area contributed by atoms with E-state index in [1.54, 1.807) is 6.07 Å². The number of rotatable bonds is 4. The second-order valence-electron chi connectivity index (χ2n) is 4.15. The average molecular weight is 249 g/mol. The van der Waals surface area contributed by atoms with E-state index < -0.39 is 16.4 Å². The van der Waals surface area contributed by atoms with E-state index in [1.165, 1.54) is 26.0 Å². The number of nitrogens with zero attached hydrogens (tertiary/aromatic N) is 2. The van der Waals surface area contributed by atoms with Gasteiger partial charge in [0.1, 0.15) is 11.6 Å². The van der Waals surface area contributed by atoms with E-state index in [-0.39, 0.29) is 16.9 Å². The number of nitro benzene ring substituents is 1. The van der Waals surface area contributed by atoms with Crippen molar-refractivity contribution < 1.29 is 14.8 Å². The highest BCUT2D eigenvalue weighted by Gasteiger charge is 2.27. The predicted molar refractivity (Wildman–Crippen MR) is 63.1 cm³/mol. The van der Waals surface area contributed by atoms with E-state index in [4.69, 9.17) is 10.4 Å². The first kappa shape index (κ1) is 13.4. The summed E-state index contributed by atoms with van der Waals surface area (Å²) >= 11 is 0. The van der Waals surface area contributed by atoms with Crippen molar-refractivity contribution in [3.8, 4) is 6.07 Å². The van der Waals surface area contributed by atoms with Gasteiger partial charge in [-0.2, -0.15) is 5.26 Å². The number of hydrogen-bond donors (Lipinski definition) is 2. The Morgan fingerprint density at radius 1 is 1.56 bits per heavy atom. The van der Waals surface area contributed by atoms with Crippen LogP contribution in [0.15, 0.2) is 18.2 Å². The minimum atomic E-state index is -1.28. The number of nitro groups is 1. The number of carboxylic acids is 1. The van der Waals surface area contributed by atoms with E-state index in [9.17, 15) is 14.9 Å². The zero-order chi connectivity index (χ0) is 13.9. The molecule has 0 saturated carbocycles. The number of anilines is 1. The third-order valence-corrected chi connectivity index (χ3v) is 2.32. The van der Waals surface area contributed by atoms with Crippen molar-refractivity contribution in [3.05, 3.63) is 33.9 Å². The summed E-state index contributed by atoms with van der Waals surface area (Å²) < 4.78 is 0. The molecule has 2 N–H and O–H groups in total. The average Bonchev–Trinajstić information content (AvgIpc) is 2.28. The molecule has 0 aliphatic heterocycles. The SMILES string of the molecule is CC(C)(Nc1ccc([N+](=O)[O-])cc1C#N)C(=O)O. The van der Waals surface area contributed by atoms with Crippen LogP contribution in [0, 0.1) is 21.4 Å². The standard InChI is InChI=1S/C11H11N3O4/c1-11(2,10(15)16)13-9-4-3-8(14(17)18)5-7(9)6-12/h3-5,13H,1-2H3,(H,15,16). The number of nitriles is 1. The van der Waals surface area contributed by atoms with Crippen LogP contribution in [0.25, 0.3) is 0 Å². The molecule has 7 nitrogen and oxygen atoms in total. The van der Waals surface area contributed by atoms with Crippen LogP contribution in [0.2, 0.25) is 0 Å². The number of benzene rings is 1. The Morgan fingerprint density at radius 2 is 2.17 bits per heavy atom. The third kappa shape index (κ3) is 2.74. The number of carboxylic acid groups (broad SMARTS) is 1. The van der Waals surface area contributed by atoms with Gasteiger partial charge in [-0.1, -0.05) is 0 Å². The minimum Gasteiger partial charge on any atom is -0.480 e. The Bertz CT molecular complexity index is 546. The Balaban J connectivity index is 3.16. The molecule has 94 valence electrons. The molecule has 0 aliphatic carbocycles. The molecular weight excluding hydrogens is 238 g/mol. The van der Waals surface area contributed by atoms with Gasteiger partial charge in [0, 0.05) is 12.1 Å². The van der Waals surface area contributed by atoms with Crippen LogP contribution in [0.5, 0.6) is 0 Å². The van der Waals surface area contributed by atoms with Gasteiger partial charge in [-0.3, -0.25) is 10.1 Å². The predicted octanol–water partition coefficient (Wildman–Crippen LogP) is 1.74. The first-order valence-electron chi connectivity index (χ1n) is 4.98. The second kappa shape index (κ2) is 4.71. The molecule has 18 heavy (non-hydrogen) atoms. The Morgan fingerprint density at radius 3 is 2.61 bits per heavy atom. The van der Waals surface area contributed by atoms with E-state index in [0.29, 0.717) is 0 Å². The van der Waals surface area contributed by atoms with E-state index in [0.717, 1.165) is 6.07 Å². The quantitative estimate of drug-likeness (QED) is 0.620. The summed E-state index contributed by atoms with van der Waals surface area (Å²) in [5, 5.41) is 31.1. The maximum Gasteiger partial charge on any atom is 0.328 e. The lowest BCUT2D eigenvalue weighted by Crippen LogP contribution is -2.40. The van der Waals surface area contributed by atoms with Gasteiger partial charge in [0.2, 0.25) is 0 Å². The van der Waals surface area contributed by atoms with Crippen LogP contribution in [0.1, 0.15) is 19.4 Å². The molecule has 7 heteroatoms. The topological polar surface area (TPSA) is 116 Å². The highest BCUT2D eigenvalue weighted by molar-refractivity contribution is 5.82. The molecule has 0 bridgehead atoms. The van der Waals surface area contributed by atoms with Crippen LogP contribution in [0.3, 0.4) is 0 Å². The van der Waals surface area contributed by atoms with Gasteiger partial charge in [-0.15, -0.1) is 0 Å². The zero-order valence-corrected chi connectivity index (χ0v) is 9.80. The fourth-order valence-corrected chi connectivity index (χ4v) is 1.24. The first-order chi connectivity index (χ1) is 8.27. The molecule has 0 saturated heterocycles. The van der Waals surface area contributed by atoms with Crippen LogP contribution in [0.4, 0.5) is 11.4 Å². The molecule has 1 rings (SSSR count). The van der Waals surface area contributed by atoms with Gasteiger partial charge in [0.05, 0.1) is 16.2 Å². The molecule has 0 aromatic heterocycles. The fourth-order valence-electron chi connectivity index (χ4n) is 1.24. The van der Waals surface area contributed by atoms with Crippen molar-refractivity contribution >= 4 is 17.3 Å². The molecule has 0 aliphatic rings. The maximum atomic E-state index is 10.9. The van der Waals surface area contributed by atoms with Gasteiger partial charge < -0.3 is 10.4 Å². The number of aliphatic carboxylic acids is 1. The fraction of sp³-hybridized carbons (Fsp3) is 0.273. The normalized spacial score (nSPS) is 10.5. The van der Waals surface area contributed by atoms with E-state index in [1.807, 2.05) is 0 Å². The van der Waals surface area contributed by atoms with Gasteiger partial charge >= 0.3 is 5.97 Å². The highest BCUT2D eigenvalue weighted by atomic mass is 16.6. The van der Waals surface area contributed by atoms with Crippen LogP contribution >= 0.6 is 0 Å². The zero-order valence-electron chi connectivity index (χ0n) is 9.80. The molecule has 1 aromatic carbocycles. The van der Waals surface area contributed by atoms with Crippen molar-refractivity contribution in [2.24, 2.45) is 0 Å². The molecule has 0 amide bonds. The number of hydrogen-bond acceptors (Lipinski definition) is 5. The van der Waals surface area contributed by atoms with Gasteiger partial charge in [0.15, 0.2) is 0 Å². The smallest absolute Gasteiger partial charge is 0.328 e. The molecule has 0 atom stereocenters. The summed E-state index contributed by atoms with van der Waals surface area (Å²) in [5.41, 5.74) is -1.22. The summed E-state index contributed by atoms with van der Waals surface area (Å²) in [4.78, 5) is 20.9. The molecule has 1 aromatic rings. The molecular formula is C11H11N3O4. The third-order valence-electron chi connectivity index (χ3n) is 2.32. The largest absolute Gasteiger partial charge is 0.480 e. The van der Waals surface area contributed by atoms with Crippen molar-refractivity contribution in [2.75, 3.05) is 5.32 Å². The Hall–Kier alpha value is -2.62.